The minimum atomic E-state index is 0.616. The number of nitrogens with one attached hydrogen (secondary N) is 1. The molecule has 1 unspecified atom stereocenters. The highest BCUT2D eigenvalue weighted by Crippen LogP contribution is 2.25. The summed E-state index contributed by atoms with van der Waals surface area (Å²) in [6.07, 6.45) is 7.40. The first-order valence-corrected chi connectivity index (χ1v) is 5.79. The van der Waals surface area contributed by atoms with Gasteiger partial charge in [0.25, 0.3) is 0 Å². The predicted octanol–water partition coefficient (Wildman–Crippen LogP) is 2.95. The Labute approximate surface area is 86.3 Å². The second-order valence-corrected chi connectivity index (χ2v) is 4.15. The highest BCUT2D eigenvalue weighted by atomic mass is 15.2. The molecule has 1 aromatic heterocycles. The van der Waals surface area contributed by atoms with Gasteiger partial charge in [0, 0.05) is 17.9 Å². The quantitative estimate of drug-likeness (QED) is 0.780. The predicted molar refractivity (Wildman–Crippen MR) is 59.2 cm³/mol. The van der Waals surface area contributed by atoms with Gasteiger partial charge < -0.3 is 4.98 Å². The average Bonchev–Trinajstić information content (AvgIpc) is 2.74. The molecule has 2 heteroatoms. The molecule has 78 valence electrons. The number of H-pyrrole nitrogens is 1. The van der Waals surface area contributed by atoms with Gasteiger partial charge in [-0.2, -0.15) is 0 Å². The van der Waals surface area contributed by atoms with E-state index in [2.05, 4.69) is 28.9 Å². The lowest BCUT2D eigenvalue weighted by Crippen LogP contribution is -2.33. The number of aromatic amines is 1. The summed E-state index contributed by atoms with van der Waals surface area (Å²) in [7, 11) is 0. The Morgan fingerprint density at radius 1 is 1.36 bits per heavy atom. The van der Waals surface area contributed by atoms with Crippen LogP contribution in [-0.4, -0.2) is 23.0 Å². The molecule has 1 N–H and O–H groups in total. The summed E-state index contributed by atoms with van der Waals surface area (Å²) >= 11 is 0. The molecule has 0 radical (unpaired) electrons. The topological polar surface area (TPSA) is 19.0 Å². The Morgan fingerprint density at radius 3 is 2.71 bits per heavy atom. The molecular weight excluding hydrogens is 172 g/mol. The molecule has 1 aliphatic rings. The molecule has 14 heavy (non-hydrogen) atoms. The molecule has 2 heterocycles. The summed E-state index contributed by atoms with van der Waals surface area (Å²) in [6, 6.07) is 4.93. The lowest BCUT2D eigenvalue weighted by Gasteiger charge is -2.33. The highest BCUT2D eigenvalue weighted by molar-refractivity contribution is 5.09. The van der Waals surface area contributed by atoms with Gasteiger partial charge in [0.1, 0.15) is 0 Å². The Kier molecular flexibility index (Phi) is 3.25. The van der Waals surface area contributed by atoms with Gasteiger partial charge in [-0.05, 0) is 44.5 Å². The molecule has 0 aliphatic carbocycles. The fourth-order valence-corrected chi connectivity index (χ4v) is 2.46. The van der Waals surface area contributed by atoms with Crippen molar-refractivity contribution >= 4 is 0 Å². The van der Waals surface area contributed by atoms with E-state index in [0.717, 1.165) is 0 Å². The third-order valence-electron chi connectivity index (χ3n) is 3.20. The molecule has 1 fully saturated rings. The van der Waals surface area contributed by atoms with Crippen molar-refractivity contribution in [2.24, 2.45) is 0 Å². The standard InChI is InChI=1S/C12H20N2/c1-2-12(11-7-6-8-13-11)14-9-4-3-5-10-14/h6-8,12-13H,2-5,9-10H2,1H3. The third kappa shape index (κ3) is 2.01. The van der Waals surface area contributed by atoms with Crippen LogP contribution in [0.3, 0.4) is 0 Å². The van der Waals surface area contributed by atoms with Crippen LogP contribution in [0.1, 0.15) is 44.3 Å². The largest absolute Gasteiger partial charge is 0.364 e. The lowest BCUT2D eigenvalue weighted by molar-refractivity contribution is 0.157. The number of aromatic nitrogens is 1. The molecule has 0 bridgehead atoms. The van der Waals surface area contributed by atoms with Crippen molar-refractivity contribution in [2.45, 2.75) is 38.6 Å². The highest BCUT2D eigenvalue weighted by Gasteiger charge is 2.20. The van der Waals surface area contributed by atoms with Crippen LogP contribution in [0.2, 0.25) is 0 Å². The maximum Gasteiger partial charge on any atom is 0.0495 e. The van der Waals surface area contributed by atoms with Gasteiger partial charge in [0.2, 0.25) is 0 Å². The number of likely N-dealkylation sites (tertiary alicyclic amines) is 1. The molecule has 0 spiro atoms. The fraction of sp³-hybridized carbons (Fsp3) is 0.667. The van der Waals surface area contributed by atoms with E-state index in [0.29, 0.717) is 6.04 Å². The van der Waals surface area contributed by atoms with Crippen LogP contribution in [-0.2, 0) is 0 Å². The van der Waals surface area contributed by atoms with Crippen LogP contribution in [0.5, 0.6) is 0 Å². The van der Waals surface area contributed by atoms with Gasteiger partial charge in [-0.1, -0.05) is 13.3 Å². The van der Waals surface area contributed by atoms with Crippen LogP contribution < -0.4 is 0 Å². The number of piperidine rings is 1. The molecule has 2 nitrogen and oxygen atoms in total. The summed E-state index contributed by atoms with van der Waals surface area (Å²) in [4.78, 5) is 5.96. The van der Waals surface area contributed by atoms with Crippen molar-refractivity contribution in [3.8, 4) is 0 Å². The second kappa shape index (κ2) is 4.65. The molecule has 1 aliphatic heterocycles. The molecule has 1 saturated heterocycles. The van der Waals surface area contributed by atoms with E-state index in [4.69, 9.17) is 0 Å². The van der Waals surface area contributed by atoms with Crippen LogP contribution >= 0.6 is 0 Å². The lowest BCUT2D eigenvalue weighted by atomic mass is 10.0. The average molecular weight is 192 g/mol. The van der Waals surface area contributed by atoms with E-state index in [1.165, 1.54) is 44.5 Å². The van der Waals surface area contributed by atoms with E-state index in [1.807, 2.05) is 6.20 Å². The van der Waals surface area contributed by atoms with Crippen molar-refractivity contribution in [1.29, 1.82) is 0 Å². The SMILES string of the molecule is CCC(c1ccc[nH]1)N1CCCCC1. The van der Waals surface area contributed by atoms with Gasteiger partial charge >= 0.3 is 0 Å². The van der Waals surface area contributed by atoms with Crippen molar-refractivity contribution in [2.75, 3.05) is 13.1 Å². The van der Waals surface area contributed by atoms with Gasteiger partial charge in [0.05, 0.1) is 0 Å². The first kappa shape index (κ1) is 9.78. The summed E-state index contributed by atoms with van der Waals surface area (Å²) in [5.41, 5.74) is 1.38. The van der Waals surface area contributed by atoms with Crippen LogP contribution in [0.15, 0.2) is 18.3 Å². The summed E-state index contributed by atoms with van der Waals surface area (Å²) in [5, 5.41) is 0. The number of rotatable bonds is 3. The summed E-state index contributed by atoms with van der Waals surface area (Å²) in [5.74, 6) is 0. The van der Waals surface area contributed by atoms with Crippen molar-refractivity contribution in [1.82, 2.24) is 9.88 Å². The van der Waals surface area contributed by atoms with Crippen LogP contribution in [0, 0.1) is 0 Å². The Hall–Kier alpha value is -0.760. The smallest absolute Gasteiger partial charge is 0.0495 e. The van der Waals surface area contributed by atoms with Gasteiger partial charge in [0.15, 0.2) is 0 Å². The van der Waals surface area contributed by atoms with E-state index < -0.39 is 0 Å². The third-order valence-corrected chi connectivity index (χ3v) is 3.20. The molecule has 0 amide bonds. The molecule has 1 aromatic rings. The van der Waals surface area contributed by atoms with E-state index in [-0.39, 0.29) is 0 Å². The zero-order valence-electron chi connectivity index (χ0n) is 9.00. The zero-order valence-corrected chi connectivity index (χ0v) is 9.00. The van der Waals surface area contributed by atoms with Gasteiger partial charge in [-0.25, -0.2) is 0 Å². The maximum atomic E-state index is 3.34. The summed E-state index contributed by atoms with van der Waals surface area (Å²) < 4.78 is 0. The van der Waals surface area contributed by atoms with Crippen LogP contribution in [0.4, 0.5) is 0 Å². The first-order valence-electron chi connectivity index (χ1n) is 5.79. The Balaban J connectivity index is 2.04. The van der Waals surface area contributed by atoms with Crippen LogP contribution in [0.25, 0.3) is 0 Å². The second-order valence-electron chi connectivity index (χ2n) is 4.15. The molecule has 0 aromatic carbocycles. The van der Waals surface area contributed by atoms with E-state index >= 15 is 0 Å². The first-order chi connectivity index (χ1) is 6.92. The Morgan fingerprint density at radius 2 is 2.14 bits per heavy atom. The maximum absolute atomic E-state index is 3.34. The Bertz CT molecular complexity index is 247. The molecule has 0 saturated carbocycles. The zero-order chi connectivity index (χ0) is 9.80. The number of nitrogens with zero attached hydrogens (tertiary/aromatic N) is 1. The summed E-state index contributed by atoms with van der Waals surface area (Å²) in [6.45, 7) is 4.83. The minimum absolute atomic E-state index is 0.616. The van der Waals surface area contributed by atoms with Crippen molar-refractivity contribution in [3.63, 3.8) is 0 Å². The van der Waals surface area contributed by atoms with E-state index in [1.54, 1.807) is 0 Å². The monoisotopic (exact) mass is 192 g/mol. The molecule has 2 rings (SSSR count). The molecular formula is C12H20N2. The number of hydrogen-bond acceptors (Lipinski definition) is 1. The van der Waals surface area contributed by atoms with Crippen molar-refractivity contribution in [3.05, 3.63) is 24.0 Å². The van der Waals surface area contributed by atoms with Gasteiger partial charge in [-0.15, -0.1) is 0 Å². The van der Waals surface area contributed by atoms with Gasteiger partial charge in [-0.3, -0.25) is 4.90 Å². The minimum Gasteiger partial charge on any atom is -0.364 e. The molecule has 1 atom stereocenters. The van der Waals surface area contributed by atoms with Crippen molar-refractivity contribution < 1.29 is 0 Å². The van der Waals surface area contributed by atoms with E-state index in [9.17, 15) is 0 Å². The fourth-order valence-electron chi connectivity index (χ4n) is 2.46. The normalized spacial score (nSPS) is 20.9. The number of hydrogen-bond donors (Lipinski definition) is 1.